The zero-order valence-corrected chi connectivity index (χ0v) is 17.3. The lowest BCUT2D eigenvalue weighted by Crippen LogP contribution is -2.26. The van der Waals surface area contributed by atoms with Crippen LogP contribution in [0.2, 0.25) is 5.02 Å². The summed E-state index contributed by atoms with van der Waals surface area (Å²) in [6.07, 6.45) is 1.28. The topological polar surface area (TPSA) is 29.5 Å². The van der Waals surface area contributed by atoms with E-state index in [9.17, 15) is 4.79 Å². The Balaban J connectivity index is 1.69. The Bertz CT molecular complexity index is 761. The van der Waals surface area contributed by atoms with E-state index < -0.39 is 0 Å². The normalized spacial score (nSPS) is 14.9. The fourth-order valence-corrected chi connectivity index (χ4v) is 5.97. The molecular formula is C20H22ClNO2S2. The van der Waals surface area contributed by atoms with Gasteiger partial charge >= 0.3 is 0 Å². The molecule has 0 unspecified atom stereocenters. The highest BCUT2D eigenvalue weighted by atomic mass is 35.5. The summed E-state index contributed by atoms with van der Waals surface area (Å²) in [6, 6.07) is 13.5. The Morgan fingerprint density at radius 2 is 1.88 bits per heavy atom. The highest BCUT2D eigenvalue weighted by Gasteiger charge is 2.18. The Labute approximate surface area is 168 Å². The van der Waals surface area contributed by atoms with E-state index in [1.807, 2.05) is 47.8 Å². The Morgan fingerprint density at radius 3 is 2.54 bits per heavy atom. The third kappa shape index (κ3) is 4.70. The summed E-state index contributed by atoms with van der Waals surface area (Å²) in [5.41, 5.74) is 2.88. The highest BCUT2D eigenvalue weighted by molar-refractivity contribution is 8.16. The standard InChI is InChI=1S/C20H22ClNO2S2/c1-22(13-16-12-17(21)8-9-18(16)24-2)19(23)14-4-6-15(7-5-14)20-25-10-3-11-26-20/h4-9,12,20H,3,10-11,13H2,1-2H3. The molecule has 0 saturated carbocycles. The fraction of sp³-hybridized carbons (Fsp3) is 0.350. The molecule has 0 radical (unpaired) electrons. The maximum atomic E-state index is 12.8. The molecule has 3 nitrogen and oxygen atoms in total. The number of thioether (sulfide) groups is 2. The number of amides is 1. The average molecular weight is 408 g/mol. The molecule has 0 N–H and O–H groups in total. The molecule has 26 heavy (non-hydrogen) atoms. The molecule has 138 valence electrons. The van der Waals surface area contributed by atoms with Crippen molar-refractivity contribution in [1.82, 2.24) is 4.90 Å². The molecule has 0 aromatic heterocycles. The van der Waals surface area contributed by atoms with Crippen LogP contribution in [0.5, 0.6) is 5.75 Å². The minimum Gasteiger partial charge on any atom is -0.496 e. The molecule has 0 bridgehead atoms. The Morgan fingerprint density at radius 1 is 1.19 bits per heavy atom. The lowest BCUT2D eigenvalue weighted by molar-refractivity contribution is 0.0784. The summed E-state index contributed by atoms with van der Waals surface area (Å²) in [4.78, 5) is 14.5. The van der Waals surface area contributed by atoms with Gasteiger partial charge in [-0.2, -0.15) is 0 Å². The second-order valence-corrected chi connectivity index (χ2v) is 9.33. The van der Waals surface area contributed by atoms with Gasteiger partial charge in [-0.3, -0.25) is 4.79 Å². The maximum Gasteiger partial charge on any atom is 0.253 e. The molecule has 0 spiro atoms. The van der Waals surface area contributed by atoms with Crippen LogP contribution in [0.3, 0.4) is 0 Å². The van der Waals surface area contributed by atoms with E-state index in [2.05, 4.69) is 12.1 Å². The number of ether oxygens (including phenoxy) is 1. The number of methoxy groups -OCH3 is 1. The first-order valence-corrected chi connectivity index (χ1v) is 11.0. The largest absolute Gasteiger partial charge is 0.496 e. The van der Waals surface area contributed by atoms with Crippen molar-refractivity contribution < 1.29 is 9.53 Å². The molecule has 1 aliphatic rings. The van der Waals surface area contributed by atoms with Crippen LogP contribution in [0.4, 0.5) is 0 Å². The summed E-state index contributed by atoms with van der Waals surface area (Å²) in [5, 5.41) is 0.633. The van der Waals surface area contributed by atoms with Gasteiger partial charge in [-0.15, -0.1) is 23.5 Å². The summed E-state index contributed by atoms with van der Waals surface area (Å²) < 4.78 is 5.86. The van der Waals surface area contributed by atoms with Gasteiger partial charge in [-0.1, -0.05) is 23.7 Å². The Hall–Kier alpha value is -1.30. The van der Waals surface area contributed by atoms with Crippen LogP contribution in [0, 0.1) is 0 Å². The molecule has 2 aromatic rings. The van der Waals surface area contributed by atoms with E-state index in [0.29, 0.717) is 21.7 Å². The molecule has 1 amide bonds. The van der Waals surface area contributed by atoms with E-state index in [1.54, 1.807) is 25.1 Å². The van der Waals surface area contributed by atoms with E-state index in [0.717, 1.165) is 11.3 Å². The van der Waals surface area contributed by atoms with Gasteiger partial charge in [0.1, 0.15) is 5.75 Å². The average Bonchev–Trinajstić information content (AvgIpc) is 2.68. The second kappa shape index (κ2) is 9.07. The molecule has 1 aliphatic heterocycles. The van der Waals surface area contributed by atoms with Gasteiger partial charge in [0.2, 0.25) is 0 Å². The van der Waals surface area contributed by atoms with Gasteiger partial charge < -0.3 is 9.64 Å². The Kier molecular flexibility index (Phi) is 6.79. The zero-order chi connectivity index (χ0) is 18.5. The van der Waals surface area contributed by atoms with Crippen LogP contribution in [0.15, 0.2) is 42.5 Å². The zero-order valence-electron chi connectivity index (χ0n) is 14.9. The molecule has 6 heteroatoms. The minimum atomic E-state index is -0.0115. The first-order valence-electron chi connectivity index (χ1n) is 8.49. The number of nitrogens with zero attached hydrogens (tertiary/aromatic N) is 1. The van der Waals surface area contributed by atoms with E-state index >= 15 is 0 Å². The molecule has 0 aliphatic carbocycles. The highest BCUT2D eigenvalue weighted by Crippen LogP contribution is 2.43. The number of hydrogen-bond donors (Lipinski definition) is 0. The summed E-state index contributed by atoms with van der Waals surface area (Å²) >= 11 is 10.1. The number of carbonyl (C=O) groups is 1. The summed E-state index contributed by atoms with van der Waals surface area (Å²) in [7, 11) is 3.41. The lowest BCUT2D eigenvalue weighted by Gasteiger charge is -2.22. The van der Waals surface area contributed by atoms with Crippen molar-refractivity contribution in [2.24, 2.45) is 0 Å². The van der Waals surface area contributed by atoms with Crippen LogP contribution in [0.1, 0.15) is 32.5 Å². The van der Waals surface area contributed by atoms with Crippen molar-refractivity contribution in [3.63, 3.8) is 0 Å². The third-order valence-electron chi connectivity index (χ3n) is 4.25. The van der Waals surface area contributed by atoms with Crippen molar-refractivity contribution in [2.75, 3.05) is 25.7 Å². The van der Waals surface area contributed by atoms with Crippen LogP contribution in [0.25, 0.3) is 0 Å². The summed E-state index contributed by atoms with van der Waals surface area (Å²) in [5.74, 6) is 3.14. The third-order valence-corrected chi connectivity index (χ3v) is 7.50. The first-order chi connectivity index (χ1) is 12.6. The number of hydrogen-bond acceptors (Lipinski definition) is 4. The van der Waals surface area contributed by atoms with Crippen LogP contribution < -0.4 is 4.74 Å². The SMILES string of the molecule is COc1ccc(Cl)cc1CN(C)C(=O)c1ccc(C2SCCCS2)cc1. The van der Waals surface area contributed by atoms with Gasteiger partial charge in [0.25, 0.3) is 5.91 Å². The van der Waals surface area contributed by atoms with Gasteiger partial charge in [-0.05, 0) is 53.8 Å². The predicted octanol–water partition coefficient (Wildman–Crippen LogP) is 5.49. The molecule has 1 fully saturated rings. The minimum absolute atomic E-state index is 0.0115. The van der Waals surface area contributed by atoms with Crippen molar-refractivity contribution >= 4 is 41.0 Å². The van der Waals surface area contributed by atoms with Crippen molar-refractivity contribution in [2.45, 2.75) is 17.5 Å². The molecule has 0 atom stereocenters. The lowest BCUT2D eigenvalue weighted by atomic mass is 10.1. The van der Waals surface area contributed by atoms with Crippen molar-refractivity contribution in [3.8, 4) is 5.75 Å². The van der Waals surface area contributed by atoms with Gasteiger partial charge in [-0.25, -0.2) is 0 Å². The molecule has 3 rings (SSSR count). The van der Waals surface area contributed by atoms with Crippen LogP contribution >= 0.6 is 35.1 Å². The number of carbonyl (C=O) groups excluding carboxylic acids is 1. The molecule has 1 heterocycles. The van der Waals surface area contributed by atoms with Gasteiger partial charge in [0, 0.05) is 29.7 Å². The van der Waals surface area contributed by atoms with Crippen LogP contribution in [-0.2, 0) is 6.54 Å². The molecule has 1 saturated heterocycles. The van der Waals surface area contributed by atoms with E-state index in [4.69, 9.17) is 16.3 Å². The number of benzene rings is 2. The quantitative estimate of drug-likeness (QED) is 0.655. The fourth-order valence-electron chi connectivity index (χ4n) is 2.88. The van der Waals surface area contributed by atoms with Crippen LogP contribution in [-0.4, -0.2) is 36.5 Å². The number of halogens is 1. The number of rotatable bonds is 5. The second-order valence-electron chi connectivity index (χ2n) is 6.17. The van der Waals surface area contributed by atoms with Gasteiger partial charge in [0.05, 0.1) is 11.7 Å². The molecular weight excluding hydrogens is 386 g/mol. The van der Waals surface area contributed by atoms with Gasteiger partial charge in [0.15, 0.2) is 0 Å². The first kappa shape index (κ1) is 19.5. The van der Waals surface area contributed by atoms with E-state index in [-0.39, 0.29) is 5.91 Å². The molecule has 2 aromatic carbocycles. The van der Waals surface area contributed by atoms with E-state index in [1.165, 1.54) is 23.5 Å². The smallest absolute Gasteiger partial charge is 0.253 e. The van der Waals surface area contributed by atoms with Crippen molar-refractivity contribution in [1.29, 1.82) is 0 Å². The monoisotopic (exact) mass is 407 g/mol. The predicted molar refractivity (Wildman–Crippen MR) is 113 cm³/mol. The van der Waals surface area contributed by atoms with Crippen molar-refractivity contribution in [3.05, 3.63) is 64.2 Å². The maximum absolute atomic E-state index is 12.8. The summed E-state index contributed by atoms with van der Waals surface area (Å²) in [6.45, 7) is 0.443.